The molecule has 0 radical (unpaired) electrons. The van der Waals surface area contributed by atoms with Crippen molar-refractivity contribution in [3.8, 4) is 11.5 Å². The number of ether oxygens (including phenoxy) is 4. The van der Waals surface area contributed by atoms with Gasteiger partial charge < -0.3 is 18.9 Å². The van der Waals surface area contributed by atoms with E-state index in [1.807, 2.05) is 59.8 Å². The number of nitrogens with zero attached hydrogens (tertiary/aromatic N) is 1. The Bertz CT molecular complexity index is 697. The van der Waals surface area contributed by atoms with Crippen LogP contribution < -0.4 is 9.47 Å². The Morgan fingerprint density at radius 1 is 0.962 bits per heavy atom. The molecule has 6 heteroatoms. The monoisotopic (exact) mass is 363 g/mol. The molecule has 1 aliphatic rings. The molecule has 2 rings (SSSR count). The highest BCUT2D eigenvalue weighted by molar-refractivity contribution is 5.74. The highest BCUT2D eigenvalue weighted by atomic mass is 16.6. The molecule has 0 saturated carbocycles. The molecule has 1 aromatic rings. The van der Waals surface area contributed by atoms with Crippen molar-refractivity contribution in [2.24, 2.45) is 0 Å². The Kier molecular flexibility index (Phi) is 5.56. The van der Waals surface area contributed by atoms with Gasteiger partial charge >= 0.3 is 6.09 Å². The second-order valence-electron chi connectivity index (χ2n) is 8.12. The van der Waals surface area contributed by atoms with Gasteiger partial charge in [-0.15, -0.1) is 0 Å². The van der Waals surface area contributed by atoms with Crippen LogP contribution in [0.15, 0.2) is 18.3 Å². The average Bonchev–Trinajstić information content (AvgIpc) is 2.50. The van der Waals surface area contributed by atoms with Crippen molar-refractivity contribution >= 4 is 12.2 Å². The molecule has 0 aromatic heterocycles. The topological polar surface area (TPSA) is 57.2 Å². The third-order valence-electron chi connectivity index (χ3n) is 3.59. The van der Waals surface area contributed by atoms with Gasteiger partial charge in [0.2, 0.25) is 0 Å². The maximum Gasteiger partial charge on any atom is 0.416 e. The quantitative estimate of drug-likeness (QED) is 0.776. The van der Waals surface area contributed by atoms with Crippen LogP contribution in [0, 0.1) is 0 Å². The molecule has 144 valence electrons. The van der Waals surface area contributed by atoms with Crippen LogP contribution in [0.2, 0.25) is 0 Å². The Hall–Kier alpha value is -2.21. The molecule has 0 saturated heterocycles. The first-order valence-corrected chi connectivity index (χ1v) is 8.58. The Morgan fingerprint density at radius 2 is 1.54 bits per heavy atom. The van der Waals surface area contributed by atoms with Crippen LogP contribution in [0.4, 0.5) is 4.79 Å². The van der Waals surface area contributed by atoms with E-state index in [2.05, 4.69) is 0 Å². The van der Waals surface area contributed by atoms with Crippen LogP contribution in [0.25, 0.3) is 6.08 Å². The first-order chi connectivity index (χ1) is 11.9. The van der Waals surface area contributed by atoms with E-state index in [-0.39, 0.29) is 0 Å². The summed E-state index contributed by atoms with van der Waals surface area (Å²) in [6, 6.07) is 3.71. The van der Waals surface area contributed by atoms with Crippen LogP contribution in [0.1, 0.15) is 58.9 Å². The lowest BCUT2D eigenvalue weighted by atomic mass is 10.0. The lowest BCUT2D eigenvalue weighted by Gasteiger charge is -2.38. The lowest BCUT2D eigenvalue weighted by molar-refractivity contribution is -0.120. The molecule has 1 atom stereocenters. The van der Waals surface area contributed by atoms with E-state index in [0.717, 1.165) is 11.1 Å². The minimum absolute atomic E-state index is 0.469. The summed E-state index contributed by atoms with van der Waals surface area (Å²) in [5.41, 5.74) is 0.637. The zero-order valence-electron chi connectivity index (χ0n) is 16.9. The summed E-state index contributed by atoms with van der Waals surface area (Å²) in [5.74, 6) is 1.20. The molecule has 1 aromatic carbocycles. The maximum absolute atomic E-state index is 12.7. The van der Waals surface area contributed by atoms with E-state index in [1.165, 1.54) is 4.90 Å². The van der Waals surface area contributed by atoms with E-state index < -0.39 is 23.5 Å². The molecule has 0 N–H and O–H groups in total. The van der Waals surface area contributed by atoms with Gasteiger partial charge in [-0.2, -0.15) is 0 Å². The van der Waals surface area contributed by atoms with E-state index in [0.29, 0.717) is 11.5 Å². The van der Waals surface area contributed by atoms with Crippen molar-refractivity contribution in [2.45, 2.75) is 59.0 Å². The number of benzene rings is 1. The van der Waals surface area contributed by atoms with Crippen molar-refractivity contribution in [2.75, 3.05) is 14.2 Å². The van der Waals surface area contributed by atoms with Gasteiger partial charge in [-0.25, -0.2) is 4.79 Å². The number of hydrogen-bond acceptors (Lipinski definition) is 5. The maximum atomic E-state index is 12.7. The first-order valence-electron chi connectivity index (χ1n) is 8.58. The summed E-state index contributed by atoms with van der Waals surface area (Å²) >= 11 is 0. The molecule has 1 heterocycles. The van der Waals surface area contributed by atoms with Crippen molar-refractivity contribution in [1.29, 1.82) is 0 Å². The van der Waals surface area contributed by atoms with Crippen LogP contribution in [-0.4, -0.2) is 36.4 Å². The summed E-state index contributed by atoms with van der Waals surface area (Å²) in [5, 5.41) is 0. The summed E-state index contributed by atoms with van der Waals surface area (Å²) in [6.45, 7) is 11.3. The van der Waals surface area contributed by atoms with Crippen LogP contribution in [0.3, 0.4) is 0 Å². The first kappa shape index (κ1) is 20.1. The Morgan fingerprint density at radius 3 is 2.04 bits per heavy atom. The number of amides is 1. The van der Waals surface area contributed by atoms with Gasteiger partial charge in [0.25, 0.3) is 0 Å². The number of carbonyl (C=O) groups excluding carboxylic acids is 1. The van der Waals surface area contributed by atoms with E-state index in [9.17, 15) is 4.79 Å². The standard InChI is InChI=1S/C20H29NO5/c1-19(2,3)25-17-14-12-16(24-8)15(23-7)11-13(14)9-10-21(17)18(22)26-20(4,5)6/h9-12,17H,1-8H3. The van der Waals surface area contributed by atoms with E-state index in [4.69, 9.17) is 18.9 Å². The fraction of sp³-hybridized carbons (Fsp3) is 0.550. The SMILES string of the molecule is COc1cc2c(cc1OC)C(OC(C)(C)C)N(C(=O)OC(C)(C)C)C=C2. The number of rotatable bonds is 3. The molecule has 0 bridgehead atoms. The minimum Gasteiger partial charge on any atom is -0.493 e. The predicted molar refractivity (Wildman–Crippen MR) is 100 cm³/mol. The highest BCUT2D eigenvalue weighted by Crippen LogP contribution is 2.40. The van der Waals surface area contributed by atoms with E-state index >= 15 is 0 Å². The molecule has 0 aliphatic carbocycles. The Labute approximate surface area is 155 Å². The predicted octanol–water partition coefficient (Wildman–Crippen LogP) is 4.74. The second-order valence-corrected chi connectivity index (χ2v) is 8.12. The largest absolute Gasteiger partial charge is 0.493 e. The van der Waals surface area contributed by atoms with Gasteiger partial charge in [-0.3, -0.25) is 4.90 Å². The fourth-order valence-corrected chi connectivity index (χ4v) is 2.58. The van der Waals surface area contributed by atoms with E-state index in [1.54, 1.807) is 20.4 Å². The summed E-state index contributed by atoms with van der Waals surface area (Å²) in [7, 11) is 3.17. The molecular formula is C20H29NO5. The van der Waals surface area contributed by atoms with Gasteiger partial charge in [0, 0.05) is 11.8 Å². The molecule has 0 spiro atoms. The lowest BCUT2D eigenvalue weighted by Crippen LogP contribution is -2.40. The summed E-state index contributed by atoms with van der Waals surface area (Å²) in [4.78, 5) is 14.2. The Balaban J connectivity index is 2.50. The number of hydrogen-bond donors (Lipinski definition) is 0. The molecule has 0 fully saturated rings. The van der Waals surface area contributed by atoms with Crippen LogP contribution >= 0.6 is 0 Å². The van der Waals surface area contributed by atoms with Crippen LogP contribution in [-0.2, 0) is 9.47 Å². The third-order valence-corrected chi connectivity index (χ3v) is 3.59. The molecule has 6 nitrogen and oxygen atoms in total. The molecule has 26 heavy (non-hydrogen) atoms. The highest BCUT2D eigenvalue weighted by Gasteiger charge is 2.35. The van der Waals surface area contributed by atoms with Gasteiger partial charge in [0.1, 0.15) is 5.60 Å². The average molecular weight is 363 g/mol. The van der Waals surface area contributed by atoms with Gasteiger partial charge in [-0.1, -0.05) is 0 Å². The molecule has 1 aliphatic heterocycles. The number of methoxy groups -OCH3 is 2. The van der Waals surface area contributed by atoms with Gasteiger partial charge in [0.05, 0.1) is 19.8 Å². The molecule has 1 unspecified atom stereocenters. The van der Waals surface area contributed by atoms with Crippen molar-refractivity contribution < 1.29 is 23.7 Å². The fourth-order valence-electron chi connectivity index (χ4n) is 2.58. The zero-order chi connectivity index (χ0) is 19.7. The number of fused-ring (bicyclic) bond motifs is 1. The van der Waals surface area contributed by atoms with Crippen molar-refractivity contribution in [3.05, 3.63) is 29.5 Å². The molecule has 1 amide bonds. The van der Waals surface area contributed by atoms with Gasteiger partial charge in [-0.05, 0) is 65.3 Å². The van der Waals surface area contributed by atoms with Gasteiger partial charge in [0.15, 0.2) is 17.7 Å². The third kappa shape index (κ3) is 4.69. The summed E-state index contributed by atoms with van der Waals surface area (Å²) < 4.78 is 22.5. The zero-order valence-corrected chi connectivity index (χ0v) is 16.9. The summed E-state index contributed by atoms with van der Waals surface area (Å²) in [6.07, 6.45) is 2.41. The number of carbonyl (C=O) groups is 1. The second kappa shape index (κ2) is 7.19. The van der Waals surface area contributed by atoms with Crippen molar-refractivity contribution in [1.82, 2.24) is 4.90 Å². The van der Waals surface area contributed by atoms with Crippen LogP contribution in [0.5, 0.6) is 11.5 Å². The normalized spacial score (nSPS) is 16.9. The molecular weight excluding hydrogens is 334 g/mol. The smallest absolute Gasteiger partial charge is 0.416 e. The minimum atomic E-state index is -0.635. The van der Waals surface area contributed by atoms with Crippen molar-refractivity contribution in [3.63, 3.8) is 0 Å².